The fourth-order valence-corrected chi connectivity index (χ4v) is 4.05. The van der Waals surface area contributed by atoms with Crippen molar-refractivity contribution in [1.29, 1.82) is 0 Å². The average molecular weight is 442 g/mol. The number of amides is 1. The molecule has 1 amide bonds. The first-order valence-electron chi connectivity index (χ1n) is 9.26. The first-order valence-corrected chi connectivity index (χ1v) is 10.1. The predicted octanol–water partition coefficient (Wildman–Crippen LogP) is 4.37. The zero-order chi connectivity index (χ0) is 22.3. The van der Waals surface area contributed by atoms with Gasteiger partial charge in [-0.15, -0.1) is 11.3 Å². The second kappa shape index (κ2) is 7.86. The summed E-state index contributed by atoms with van der Waals surface area (Å²) in [5, 5.41) is 11.7. The van der Waals surface area contributed by atoms with Crippen molar-refractivity contribution in [2.45, 2.75) is 45.3 Å². The minimum absolute atomic E-state index is 0.0222. The van der Waals surface area contributed by atoms with E-state index in [4.69, 9.17) is 0 Å². The van der Waals surface area contributed by atoms with Crippen molar-refractivity contribution in [3.05, 3.63) is 28.5 Å². The Kier molecular flexibility index (Phi) is 5.76. The Bertz CT molecular complexity index is 976. The second-order valence-electron chi connectivity index (χ2n) is 7.99. The highest BCUT2D eigenvalue weighted by Gasteiger charge is 2.37. The highest BCUT2D eigenvalue weighted by molar-refractivity contribution is 7.17. The highest BCUT2D eigenvalue weighted by atomic mass is 32.1. The largest absolute Gasteiger partial charge is 0.476 e. The number of alkyl halides is 3. The van der Waals surface area contributed by atoms with Crippen LogP contribution in [0.5, 0.6) is 0 Å². The molecule has 0 unspecified atom stereocenters. The molecule has 0 saturated carbocycles. The number of aromatic carboxylic acids is 1. The Labute approximate surface area is 175 Å². The van der Waals surface area contributed by atoms with E-state index in [2.05, 4.69) is 15.3 Å². The summed E-state index contributed by atoms with van der Waals surface area (Å²) < 4.78 is 41.6. The highest BCUT2D eigenvalue weighted by Crippen LogP contribution is 2.42. The summed E-state index contributed by atoms with van der Waals surface area (Å²) in [5.41, 5.74) is -2.19. The number of carboxylic acids is 1. The number of pyridine rings is 1. The number of carboxylic acid groups (broad SMARTS) is 1. The minimum Gasteiger partial charge on any atom is -0.476 e. The van der Waals surface area contributed by atoms with E-state index in [1.807, 2.05) is 0 Å². The molecule has 0 aromatic carbocycles. The number of carbonyl (C=O) groups is 2. The molecule has 1 saturated heterocycles. The van der Waals surface area contributed by atoms with Gasteiger partial charge in [-0.05, 0) is 39.7 Å². The van der Waals surface area contributed by atoms with Crippen LogP contribution in [0.15, 0.2) is 12.3 Å². The Balaban J connectivity index is 2.16. The fourth-order valence-electron chi connectivity index (χ4n) is 3.13. The normalized spacial score (nSPS) is 14.8. The van der Waals surface area contributed by atoms with Crippen LogP contribution in [0.25, 0.3) is 10.4 Å². The molecule has 1 aliphatic heterocycles. The summed E-state index contributed by atoms with van der Waals surface area (Å²) in [7, 11) is 0. The van der Waals surface area contributed by atoms with Gasteiger partial charge in [-0.1, -0.05) is 0 Å². The molecule has 0 radical (unpaired) electrons. The molecule has 1 fully saturated rings. The number of nitrogens with zero attached hydrogens (tertiary/aromatic N) is 3. The number of halogens is 3. The molecule has 2 aromatic rings. The van der Waals surface area contributed by atoms with Crippen LogP contribution >= 0.6 is 11.3 Å². The van der Waals surface area contributed by atoms with Crippen molar-refractivity contribution in [2.75, 3.05) is 18.4 Å². The summed E-state index contributed by atoms with van der Waals surface area (Å²) in [6.07, 6.45) is -2.18. The summed E-state index contributed by atoms with van der Waals surface area (Å²) in [5.74, 6) is -1.96. The average Bonchev–Trinajstić information content (AvgIpc) is 3.29. The number of carbonyl (C=O) groups excluding carboxylic acids is 1. The van der Waals surface area contributed by atoms with E-state index in [0.29, 0.717) is 24.4 Å². The van der Waals surface area contributed by atoms with E-state index in [1.54, 1.807) is 20.8 Å². The molecule has 3 rings (SSSR count). The van der Waals surface area contributed by atoms with Crippen molar-refractivity contribution >= 4 is 29.0 Å². The third-order valence-corrected chi connectivity index (χ3v) is 5.44. The number of nitrogens with one attached hydrogen (secondary N) is 1. The lowest BCUT2D eigenvalue weighted by molar-refractivity contribution is -0.137. The fraction of sp³-hybridized carbons (Fsp3) is 0.474. The first-order chi connectivity index (χ1) is 13.9. The predicted molar refractivity (Wildman–Crippen MR) is 106 cm³/mol. The van der Waals surface area contributed by atoms with Crippen LogP contribution in [0.2, 0.25) is 0 Å². The van der Waals surface area contributed by atoms with Gasteiger partial charge in [0, 0.05) is 30.4 Å². The molecule has 0 aliphatic carbocycles. The van der Waals surface area contributed by atoms with Crippen molar-refractivity contribution < 1.29 is 27.9 Å². The van der Waals surface area contributed by atoms with E-state index < -0.39 is 34.2 Å². The molecule has 162 valence electrons. The van der Waals surface area contributed by atoms with E-state index in [9.17, 15) is 27.9 Å². The maximum atomic E-state index is 13.9. The molecular formula is C19H21F3N4O3S. The molecule has 2 N–H and O–H groups in total. The van der Waals surface area contributed by atoms with Crippen LogP contribution in [-0.4, -0.2) is 50.5 Å². The van der Waals surface area contributed by atoms with E-state index in [1.165, 1.54) is 4.90 Å². The topological polar surface area (TPSA) is 95.4 Å². The van der Waals surface area contributed by atoms with Crippen LogP contribution in [0, 0.1) is 0 Å². The Morgan fingerprint density at radius 1 is 1.20 bits per heavy atom. The zero-order valence-corrected chi connectivity index (χ0v) is 17.4. The standard InChI is InChI=1S/C19H21F3N4O3S/c1-18(2,3)25-12-8-11(19(20,21)22)10(9-23-12)14-13(24-15(30-14)17(28)29)16(27)26-6-4-5-7-26/h8-9H,4-7H2,1-3H3,(H,23,25)(H,28,29). The first kappa shape index (κ1) is 22.0. The summed E-state index contributed by atoms with van der Waals surface area (Å²) in [6.45, 7) is 6.26. The minimum atomic E-state index is -4.74. The number of thiazole rings is 1. The smallest absolute Gasteiger partial charge is 0.417 e. The molecular weight excluding hydrogens is 421 g/mol. The monoisotopic (exact) mass is 442 g/mol. The van der Waals surface area contributed by atoms with E-state index in [-0.39, 0.29) is 22.0 Å². The van der Waals surface area contributed by atoms with Gasteiger partial charge in [0.2, 0.25) is 5.01 Å². The van der Waals surface area contributed by atoms with Crippen LogP contribution in [-0.2, 0) is 6.18 Å². The van der Waals surface area contributed by atoms with Gasteiger partial charge in [-0.25, -0.2) is 14.8 Å². The van der Waals surface area contributed by atoms with E-state index >= 15 is 0 Å². The third kappa shape index (κ3) is 4.72. The van der Waals surface area contributed by atoms with Crippen LogP contribution < -0.4 is 5.32 Å². The van der Waals surface area contributed by atoms with Crippen molar-refractivity contribution in [2.24, 2.45) is 0 Å². The summed E-state index contributed by atoms with van der Waals surface area (Å²) >= 11 is 0.539. The summed E-state index contributed by atoms with van der Waals surface area (Å²) in [6, 6.07) is 0.866. The second-order valence-corrected chi connectivity index (χ2v) is 8.99. The molecule has 1 aliphatic rings. The van der Waals surface area contributed by atoms with Gasteiger partial charge < -0.3 is 15.3 Å². The van der Waals surface area contributed by atoms with Gasteiger partial charge in [0.25, 0.3) is 5.91 Å². The molecule has 7 nitrogen and oxygen atoms in total. The maximum Gasteiger partial charge on any atom is 0.417 e. The quantitative estimate of drug-likeness (QED) is 0.730. The molecule has 2 aromatic heterocycles. The van der Waals surface area contributed by atoms with Gasteiger partial charge in [0.1, 0.15) is 11.5 Å². The number of rotatable bonds is 4. The molecule has 11 heteroatoms. The number of hydrogen-bond donors (Lipinski definition) is 2. The maximum absolute atomic E-state index is 13.9. The van der Waals surface area contributed by atoms with Gasteiger partial charge in [-0.3, -0.25) is 4.79 Å². The van der Waals surface area contributed by atoms with Crippen LogP contribution in [0.4, 0.5) is 19.0 Å². The molecule has 0 spiro atoms. The Morgan fingerprint density at radius 2 is 1.83 bits per heavy atom. The lowest BCUT2D eigenvalue weighted by atomic mass is 10.1. The van der Waals surface area contributed by atoms with Gasteiger partial charge >= 0.3 is 12.1 Å². The Morgan fingerprint density at radius 3 is 2.37 bits per heavy atom. The number of likely N-dealkylation sites (tertiary alicyclic amines) is 1. The number of aromatic nitrogens is 2. The zero-order valence-electron chi connectivity index (χ0n) is 16.6. The number of hydrogen-bond acceptors (Lipinski definition) is 6. The lowest BCUT2D eigenvalue weighted by Gasteiger charge is -2.23. The molecule has 30 heavy (non-hydrogen) atoms. The van der Waals surface area contributed by atoms with Crippen molar-refractivity contribution in [3.63, 3.8) is 0 Å². The van der Waals surface area contributed by atoms with Crippen LogP contribution in [0.3, 0.4) is 0 Å². The van der Waals surface area contributed by atoms with Crippen LogP contribution in [0.1, 0.15) is 59.5 Å². The lowest BCUT2D eigenvalue weighted by Crippen LogP contribution is -2.28. The van der Waals surface area contributed by atoms with Gasteiger partial charge in [0.05, 0.1) is 10.4 Å². The van der Waals surface area contributed by atoms with Gasteiger partial charge in [-0.2, -0.15) is 13.2 Å². The third-order valence-electron chi connectivity index (χ3n) is 4.36. The van der Waals surface area contributed by atoms with Gasteiger partial charge in [0.15, 0.2) is 0 Å². The Hall–Kier alpha value is -2.69. The van der Waals surface area contributed by atoms with Crippen molar-refractivity contribution in [3.8, 4) is 10.4 Å². The van der Waals surface area contributed by atoms with Crippen molar-refractivity contribution in [1.82, 2.24) is 14.9 Å². The molecule has 0 bridgehead atoms. The molecule has 0 atom stereocenters. The SMILES string of the molecule is CC(C)(C)Nc1cc(C(F)(F)F)c(-c2sc(C(=O)O)nc2C(=O)N2CCCC2)cn1. The number of anilines is 1. The van der Waals surface area contributed by atoms with E-state index in [0.717, 1.165) is 25.1 Å². The molecule has 3 heterocycles. The summed E-state index contributed by atoms with van der Waals surface area (Å²) in [4.78, 5) is 33.5.